The molecular weight excluding hydrogens is 282 g/mol. The Labute approximate surface area is 121 Å². The summed E-state index contributed by atoms with van der Waals surface area (Å²) < 4.78 is 4.62. The van der Waals surface area contributed by atoms with Gasteiger partial charge in [0.1, 0.15) is 5.01 Å². The van der Waals surface area contributed by atoms with Crippen molar-refractivity contribution in [3.8, 4) is 10.6 Å². The van der Waals surface area contributed by atoms with Gasteiger partial charge in [-0.3, -0.25) is 4.79 Å². The molecule has 0 radical (unpaired) electrons. The number of esters is 1. The standard InChI is InChI=1S/C14H14ClNO2S/c1-9-7-10(15)3-5-12(9)14-16-11(8-19-14)4-6-13(17)18-2/h3,5,7-8H,4,6H2,1-2H3. The van der Waals surface area contributed by atoms with Crippen LogP contribution in [0.15, 0.2) is 23.6 Å². The van der Waals surface area contributed by atoms with Gasteiger partial charge in [0.15, 0.2) is 0 Å². The van der Waals surface area contributed by atoms with E-state index in [0.29, 0.717) is 12.8 Å². The highest BCUT2D eigenvalue weighted by atomic mass is 35.5. The van der Waals surface area contributed by atoms with Crippen molar-refractivity contribution in [1.82, 2.24) is 4.98 Å². The molecule has 2 rings (SSSR count). The lowest BCUT2D eigenvalue weighted by Crippen LogP contribution is -2.01. The molecule has 0 fully saturated rings. The van der Waals surface area contributed by atoms with Crippen LogP contribution >= 0.6 is 22.9 Å². The van der Waals surface area contributed by atoms with Gasteiger partial charge in [-0.25, -0.2) is 4.98 Å². The lowest BCUT2D eigenvalue weighted by molar-refractivity contribution is -0.140. The zero-order chi connectivity index (χ0) is 13.8. The summed E-state index contributed by atoms with van der Waals surface area (Å²) in [6, 6.07) is 5.76. The fourth-order valence-electron chi connectivity index (χ4n) is 1.74. The molecule has 0 N–H and O–H groups in total. The van der Waals surface area contributed by atoms with Gasteiger partial charge in [-0.1, -0.05) is 17.7 Å². The van der Waals surface area contributed by atoms with Crippen LogP contribution in [0.1, 0.15) is 17.7 Å². The number of hydrogen-bond acceptors (Lipinski definition) is 4. The second kappa shape index (κ2) is 6.17. The van der Waals surface area contributed by atoms with Crippen LogP contribution in [0.3, 0.4) is 0 Å². The van der Waals surface area contributed by atoms with Crippen LogP contribution < -0.4 is 0 Å². The number of thiazole rings is 1. The number of halogens is 1. The topological polar surface area (TPSA) is 39.2 Å². The molecule has 0 atom stereocenters. The Hall–Kier alpha value is -1.39. The van der Waals surface area contributed by atoms with Crippen LogP contribution in [0, 0.1) is 6.92 Å². The highest BCUT2D eigenvalue weighted by Gasteiger charge is 2.09. The highest BCUT2D eigenvalue weighted by Crippen LogP contribution is 2.28. The van der Waals surface area contributed by atoms with Gasteiger partial charge in [0.05, 0.1) is 19.2 Å². The van der Waals surface area contributed by atoms with Gasteiger partial charge in [0, 0.05) is 22.4 Å². The first-order valence-corrected chi connectivity index (χ1v) is 7.13. The molecule has 0 saturated carbocycles. The molecule has 2 aromatic rings. The summed E-state index contributed by atoms with van der Waals surface area (Å²) in [5, 5.41) is 3.66. The largest absolute Gasteiger partial charge is 0.469 e. The summed E-state index contributed by atoms with van der Waals surface area (Å²) in [4.78, 5) is 15.6. The summed E-state index contributed by atoms with van der Waals surface area (Å²) in [5.41, 5.74) is 3.10. The molecule has 0 spiro atoms. The van der Waals surface area contributed by atoms with Crippen LogP contribution in [0.5, 0.6) is 0 Å². The maximum atomic E-state index is 11.1. The second-order valence-electron chi connectivity index (χ2n) is 4.18. The molecule has 0 aliphatic heterocycles. The molecule has 0 aliphatic rings. The van der Waals surface area contributed by atoms with Crippen LogP contribution in [0.2, 0.25) is 5.02 Å². The number of carbonyl (C=O) groups is 1. The van der Waals surface area contributed by atoms with Gasteiger partial charge in [-0.05, 0) is 24.6 Å². The Morgan fingerprint density at radius 1 is 1.47 bits per heavy atom. The number of methoxy groups -OCH3 is 1. The first-order valence-electron chi connectivity index (χ1n) is 5.88. The van der Waals surface area contributed by atoms with E-state index in [2.05, 4.69) is 9.72 Å². The highest BCUT2D eigenvalue weighted by molar-refractivity contribution is 7.13. The van der Waals surface area contributed by atoms with Gasteiger partial charge >= 0.3 is 5.97 Å². The minimum atomic E-state index is -0.211. The SMILES string of the molecule is COC(=O)CCc1csc(-c2ccc(Cl)cc2C)n1. The van der Waals surface area contributed by atoms with Crippen molar-refractivity contribution >= 4 is 28.9 Å². The van der Waals surface area contributed by atoms with Crippen molar-refractivity contribution in [2.45, 2.75) is 19.8 Å². The lowest BCUT2D eigenvalue weighted by atomic mass is 10.1. The molecule has 0 aliphatic carbocycles. The van der Waals surface area contributed by atoms with E-state index in [4.69, 9.17) is 11.6 Å². The maximum absolute atomic E-state index is 11.1. The van der Waals surface area contributed by atoms with Gasteiger partial charge in [0.2, 0.25) is 0 Å². The predicted molar refractivity (Wildman–Crippen MR) is 77.6 cm³/mol. The van der Waals surface area contributed by atoms with Crippen LogP contribution in [-0.4, -0.2) is 18.1 Å². The minimum absolute atomic E-state index is 0.211. The van der Waals surface area contributed by atoms with Crippen molar-refractivity contribution in [2.24, 2.45) is 0 Å². The van der Waals surface area contributed by atoms with E-state index in [9.17, 15) is 4.79 Å². The summed E-state index contributed by atoms with van der Waals surface area (Å²) in [5.74, 6) is -0.211. The third kappa shape index (κ3) is 3.55. The van der Waals surface area contributed by atoms with Crippen molar-refractivity contribution in [1.29, 1.82) is 0 Å². The molecule has 0 bridgehead atoms. The molecule has 5 heteroatoms. The van der Waals surface area contributed by atoms with E-state index >= 15 is 0 Å². The van der Waals surface area contributed by atoms with E-state index in [0.717, 1.165) is 26.9 Å². The average molecular weight is 296 g/mol. The predicted octanol–water partition coefficient (Wildman–Crippen LogP) is 3.88. The normalized spacial score (nSPS) is 10.5. The monoisotopic (exact) mass is 295 g/mol. The maximum Gasteiger partial charge on any atom is 0.305 e. The Morgan fingerprint density at radius 3 is 2.95 bits per heavy atom. The smallest absolute Gasteiger partial charge is 0.305 e. The van der Waals surface area contributed by atoms with Gasteiger partial charge in [-0.15, -0.1) is 11.3 Å². The number of nitrogens with zero attached hydrogens (tertiary/aromatic N) is 1. The van der Waals surface area contributed by atoms with Crippen LogP contribution in [0.4, 0.5) is 0 Å². The molecular formula is C14H14ClNO2S. The van der Waals surface area contributed by atoms with E-state index in [-0.39, 0.29) is 5.97 Å². The quantitative estimate of drug-likeness (QED) is 0.804. The summed E-state index contributed by atoms with van der Waals surface area (Å²) >= 11 is 7.52. The minimum Gasteiger partial charge on any atom is -0.469 e. The van der Waals surface area contributed by atoms with Crippen LogP contribution in [0.25, 0.3) is 10.6 Å². The molecule has 0 unspecified atom stereocenters. The Balaban J connectivity index is 2.14. The van der Waals surface area contributed by atoms with Crippen LogP contribution in [-0.2, 0) is 16.0 Å². The number of aromatic nitrogens is 1. The number of aryl methyl sites for hydroxylation is 2. The average Bonchev–Trinajstić information content (AvgIpc) is 2.84. The Bertz CT molecular complexity index is 595. The molecule has 1 aromatic carbocycles. The molecule has 1 aromatic heterocycles. The number of ether oxygens (including phenoxy) is 1. The van der Waals surface area contributed by atoms with Crippen molar-refractivity contribution in [2.75, 3.05) is 7.11 Å². The number of hydrogen-bond donors (Lipinski definition) is 0. The Kier molecular flexibility index (Phi) is 4.56. The third-order valence-electron chi connectivity index (χ3n) is 2.78. The van der Waals surface area contributed by atoms with Gasteiger partial charge in [-0.2, -0.15) is 0 Å². The zero-order valence-electron chi connectivity index (χ0n) is 10.8. The van der Waals surface area contributed by atoms with E-state index in [1.165, 1.54) is 7.11 Å². The van der Waals surface area contributed by atoms with E-state index in [1.54, 1.807) is 11.3 Å². The summed E-state index contributed by atoms with van der Waals surface area (Å²) in [7, 11) is 1.39. The molecule has 3 nitrogen and oxygen atoms in total. The first kappa shape index (κ1) is 14.0. The molecule has 0 amide bonds. The number of rotatable bonds is 4. The fraction of sp³-hybridized carbons (Fsp3) is 0.286. The molecule has 0 saturated heterocycles. The second-order valence-corrected chi connectivity index (χ2v) is 5.47. The summed E-state index contributed by atoms with van der Waals surface area (Å²) in [6.07, 6.45) is 0.967. The molecule has 100 valence electrons. The van der Waals surface area contributed by atoms with Gasteiger partial charge in [0.25, 0.3) is 0 Å². The van der Waals surface area contributed by atoms with Crippen molar-refractivity contribution in [3.05, 3.63) is 39.9 Å². The van der Waals surface area contributed by atoms with E-state index in [1.807, 2.05) is 30.5 Å². The van der Waals surface area contributed by atoms with Gasteiger partial charge < -0.3 is 4.74 Å². The van der Waals surface area contributed by atoms with Crippen molar-refractivity contribution < 1.29 is 9.53 Å². The lowest BCUT2D eigenvalue weighted by Gasteiger charge is -2.02. The molecule has 19 heavy (non-hydrogen) atoms. The van der Waals surface area contributed by atoms with Crippen molar-refractivity contribution in [3.63, 3.8) is 0 Å². The number of benzene rings is 1. The third-order valence-corrected chi connectivity index (χ3v) is 3.94. The zero-order valence-corrected chi connectivity index (χ0v) is 12.3. The van der Waals surface area contributed by atoms with E-state index < -0.39 is 0 Å². The summed E-state index contributed by atoms with van der Waals surface area (Å²) in [6.45, 7) is 2.01. The first-order chi connectivity index (χ1) is 9.10. The molecule has 1 heterocycles. The fourth-order valence-corrected chi connectivity index (χ4v) is 2.92. The number of carbonyl (C=O) groups excluding carboxylic acids is 1. The Morgan fingerprint density at radius 2 is 2.26 bits per heavy atom.